The van der Waals surface area contributed by atoms with Crippen LogP contribution < -0.4 is 5.32 Å². The molecule has 2 rings (SSSR count). The van der Waals surface area contributed by atoms with Crippen LogP contribution in [0.4, 0.5) is 0 Å². The van der Waals surface area contributed by atoms with Crippen LogP contribution in [0.5, 0.6) is 0 Å². The average Bonchev–Trinajstić information content (AvgIpc) is 2.90. The summed E-state index contributed by atoms with van der Waals surface area (Å²) in [6.07, 6.45) is 10.1. The first-order valence-corrected chi connectivity index (χ1v) is 5.32. The molecule has 1 amide bonds. The number of hydrogen-bond acceptors (Lipinski definition) is 1. The lowest BCUT2D eigenvalue weighted by atomic mass is 9.97. The molecule has 0 unspecified atom stereocenters. The zero-order valence-electron chi connectivity index (χ0n) is 8.01. The van der Waals surface area contributed by atoms with Crippen molar-refractivity contribution < 1.29 is 4.79 Å². The molecule has 0 radical (unpaired) electrons. The molecule has 72 valence electrons. The van der Waals surface area contributed by atoms with Gasteiger partial charge >= 0.3 is 0 Å². The fourth-order valence-electron chi connectivity index (χ4n) is 1.78. The van der Waals surface area contributed by atoms with E-state index >= 15 is 0 Å². The predicted octanol–water partition coefficient (Wildman–Crippen LogP) is 2.16. The first-order chi connectivity index (χ1) is 6.34. The topological polar surface area (TPSA) is 29.1 Å². The van der Waals surface area contributed by atoms with E-state index in [9.17, 15) is 4.79 Å². The lowest BCUT2D eigenvalue weighted by Gasteiger charge is -2.12. The third-order valence-corrected chi connectivity index (χ3v) is 2.72. The lowest BCUT2D eigenvalue weighted by molar-refractivity contribution is -0.120. The van der Waals surface area contributed by atoms with Crippen molar-refractivity contribution in [1.82, 2.24) is 5.32 Å². The van der Waals surface area contributed by atoms with Crippen molar-refractivity contribution in [1.29, 1.82) is 0 Å². The van der Waals surface area contributed by atoms with E-state index in [1.807, 2.05) is 0 Å². The van der Waals surface area contributed by atoms with Gasteiger partial charge in [0.2, 0.25) is 5.91 Å². The highest BCUT2D eigenvalue weighted by molar-refractivity contribution is 5.79. The lowest BCUT2D eigenvalue weighted by Crippen LogP contribution is -2.25. The minimum absolute atomic E-state index is 0.232. The van der Waals surface area contributed by atoms with Crippen LogP contribution in [0.2, 0.25) is 0 Å². The van der Waals surface area contributed by atoms with Crippen LogP contribution in [0.15, 0.2) is 11.6 Å². The van der Waals surface area contributed by atoms with Gasteiger partial charge in [0.05, 0.1) is 0 Å². The van der Waals surface area contributed by atoms with Gasteiger partial charge in [0, 0.05) is 12.5 Å². The molecule has 2 aliphatic rings. The van der Waals surface area contributed by atoms with Gasteiger partial charge in [-0.2, -0.15) is 0 Å². The summed E-state index contributed by atoms with van der Waals surface area (Å²) in [5.41, 5.74) is 1.35. The molecule has 0 heterocycles. The maximum atomic E-state index is 11.4. The second-order valence-corrected chi connectivity index (χ2v) is 4.13. The molecule has 0 aromatic heterocycles. The second kappa shape index (κ2) is 3.95. The van der Waals surface area contributed by atoms with Crippen molar-refractivity contribution in [3.8, 4) is 0 Å². The van der Waals surface area contributed by atoms with Crippen LogP contribution >= 0.6 is 0 Å². The van der Waals surface area contributed by atoms with E-state index in [-0.39, 0.29) is 5.91 Å². The molecule has 0 aromatic carbocycles. The molecule has 0 aliphatic heterocycles. The zero-order valence-corrected chi connectivity index (χ0v) is 8.01. The molecule has 2 nitrogen and oxygen atoms in total. The molecular formula is C11H17NO. The Labute approximate surface area is 79.4 Å². The first-order valence-electron chi connectivity index (χ1n) is 5.32. The molecule has 0 bridgehead atoms. The summed E-state index contributed by atoms with van der Waals surface area (Å²) < 4.78 is 0. The molecule has 0 aromatic rings. The minimum Gasteiger partial charge on any atom is -0.353 e. The number of carbonyl (C=O) groups is 1. The smallest absolute Gasteiger partial charge is 0.224 e. The summed E-state index contributed by atoms with van der Waals surface area (Å²) in [6, 6.07) is 0.511. The maximum absolute atomic E-state index is 11.4. The van der Waals surface area contributed by atoms with Gasteiger partial charge in [0.15, 0.2) is 0 Å². The molecule has 1 N–H and O–H groups in total. The summed E-state index contributed by atoms with van der Waals surface area (Å²) in [4.78, 5) is 11.4. The quantitative estimate of drug-likeness (QED) is 0.661. The van der Waals surface area contributed by atoms with Crippen molar-refractivity contribution in [3.63, 3.8) is 0 Å². The highest BCUT2D eigenvalue weighted by atomic mass is 16.1. The number of allylic oxidation sites excluding steroid dienone is 1. The van der Waals surface area contributed by atoms with Gasteiger partial charge in [0.25, 0.3) is 0 Å². The van der Waals surface area contributed by atoms with E-state index in [4.69, 9.17) is 0 Å². The second-order valence-electron chi connectivity index (χ2n) is 4.13. The fourth-order valence-corrected chi connectivity index (χ4v) is 1.78. The maximum Gasteiger partial charge on any atom is 0.224 e. The molecule has 0 saturated heterocycles. The van der Waals surface area contributed by atoms with Crippen LogP contribution in [0.3, 0.4) is 0 Å². The summed E-state index contributed by atoms with van der Waals surface area (Å²) in [7, 11) is 0. The van der Waals surface area contributed by atoms with Gasteiger partial charge in [-0.1, -0.05) is 11.6 Å². The van der Waals surface area contributed by atoms with E-state index in [1.165, 1.54) is 37.7 Å². The van der Waals surface area contributed by atoms with Crippen molar-refractivity contribution >= 4 is 5.91 Å². The monoisotopic (exact) mass is 179 g/mol. The molecule has 0 spiro atoms. The standard InChI is InChI=1S/C11H17NO/c13-11(12-10-6-7-10)8-9-4-2-1-3-5-9/h4,10H,1-3,5-8H2,(H,12,13). The average molecular weight is 179 g/mol. The summed E-state index contributed by atoms with van der Waals surface area (Å²) in [5.74, 6) is 0.232. The van der Waals surface area contributed by atoms with Crippen LogP contribution in [0, 0.1) is 0 Å². The fraction of sp³-hybridized carbons (Fsp3) is 0.727. The Bertz CT molecular complexity index is 228. The van der Waals surface area contributed by atoms with Gasteiger partial charge in [0.1, 0.15) is 0 Å². The Balaban J connectivity index is 1.75. The van der Waals surface area contributed by atoms with E-state index in [2.05, 4.69) is 11.4 Å². The van der Waals surface area contributed by atoms with Crippen molar-refractivity contribution in [2.24, 2.45) is 0 Å². The molecule has 2 aliphatic carbocycles. The van der Waals surface area contributed by atoms with E-state index in [1.54, 1.807) is 0 Å². The summed E-state index contributed by atoms with van der Waals surface area (Å²) >= 11 is 0. The number of nitrogens with one attached hydrogen (secondary N) is 1. The van der Waals surface area contributed by atoms with E-state index in [0.717, 1.165) is 6.42 Å². The Hall–Kier alpha value is -0.790. The number of rotatable bonds is 3. The Morgan fingerprint density at radius 2 is 2.31 bits per heavy atom. The SMILES string of the molecule is O=C(CC1=CCCCC1)NC1CC1. The highest BCUT2D eigenvalue weighted by Gasteiger charge is 2.23. The van der Waals surface area contributed by atoms with Crippen LogP contribution in [0.1, 0.15) is 44.9 Å². The molecule has 1 saturated carbocycles. The van der Waals surface area contributed by atoms with Crippen LogP contribution in [-0.4, -0.2) is 11.9 Å². The Morgan fingerprint density at radius 3 is 2.92 bits per heavy atom. The molecule has 13 heavy (non-hydrogen) atoms. The Morgan fingerprint density at radius 1 is 1.46 bits per heavy atom. The first kappa shape index (κ1) is 8.79. The van der Waals surface area contributed by atoms with Crippen LogP contribution in [0.25, 0.3) is 0 Å². The van der Waals surface area contributed by atoms with Crippen LogP contribution in [-0.2, 0) is 4.79 Å². The van der Waals surface area contributed by atoms with E-state index < -0.39 is 0 Å². The van der Waals surface area contributed by atoms with Gasteiger partial charge in [-0.25, -0.2) is 0 Å². The molecule has 2 heteroatoms. The number of amides is 1. The molecular weight excluding hydrogens is 162 g/mol. The number of carbonyl (C=O) groups excluding carboxylic acids is 1. The van der Waals surface area contributed by atoms with Crippen molar-refractivity contribution in [2.45, 2.75) is 51.0 Å². The molecule has 1 fully saturated rings. The summed E-state index contributed by atoms with van der Waals surface area (Å²) in [5, 5.41) is 3.02. The zero-order chi connectivity index (χ0) is 9.10. The van der Waals surface area contributed by atoms with Crippen molar-refractivity contribution in [2.75, 3.05) is 0 Å². The van der Waals surface area contributed by atoms with Gasteiger partial charge in [-0.15, -0.1) is 0 Å². The normalized spacial score (nSPS) is 22.3. The third-order valence-electron chi connectivity index (χ3n) is 2.72. The minimum atomic E-state index is 0.232. The largest absolute Gasteiger partial charge is 0.353 e. The van der Waals surface area contributed by atoms with Gasteiger partial charge < -0.3 is 5.32 Å². The van der Waals surface area contributed by atoms with Gasteiger partial charge in [-0.05, 0) is 38.5 Å². The third kappa shape index (κ3) is 2.87. The van der Waals surface area contributed by atoms with Crippen molar-refractivity contribution in [3.05, 3.63) is 11.6 Å². The Kier molecular flexibility index (Phi) is 2.67. The number of hydrogen-bond donors (Lipinski definition) is 1. The van der Waals surface area contributed by atoms with Gasteiger partial charge in [-0.3, -0.25) is 4.79 Å². The predicted molar refractivity (Wildman–Crippen MR) is 52.3 cm³/mol. The van der Waals surface area contributed by atoms with E-state index in [0.29, 0.717) is 12.5 Å². The summed E-state index contributed by atoms with van der Waals surface area (Å²) in [6.45, 7) is 0. The highest BCUT2D eigenvalue weighted by Crippen LogP contribution is 2.22. The molecule has 0 atom stereocenters.